The number of benzene rings is 1. The summed E-state index contributed by atoms with van der Waals surface area (Å²) in [5, 5.41) is 10.4. The van der Waals surface area contributed by atoms with Gasteiger partial charge in [-0.25, -0.2) is 0 Å². The average molecular weight is 254 g/mol. The molecule has 1 atom stereocenters. The lowest BCUT2D eigenvalue weighted by Gasteiger charge is -2.50. The Hall–Kier alpha value is -0.570. The van der Waals surface area contributed by atoms with Crippen LogP contribution in [0.1, 0.15) is 24.8 Å². The molecule has 2 rings (SSSR count). The predicted octanol–water partition coefficient (Wildman–Crippen LogP) is 2.68. The predicted molar refractivity (Wildman–Crippen MR) is 71.5 cm³/mol. The molecule has 0 aliphatic heterocycles. The third kappa shape index (κ3) is 2.22. The Labute approximate surface area is 108 Å². The van der Waals surface area contributed by atoms with Gasteiger partial charge in [-0.3, -0.25) is 0 Å². The van der Waals surface area contributed by atoms with Gasteiger partial charge in [-0.2, -0.15) is 0 Å². The number of hydrogen-bond donors (Lipinski definition) is 1. The maximum Gasteiger partial charge on any atom is 0.0595 e. The smallest absolute Gasteiger partial charge is 0.0595 e. The first-order chi connectivity index (χ1) is 8.10. The Balaban J connectivity index is 2.33. The van der Waals surface area contributed by atoms with Crippen molar-refractivity contribution in [1.82, 2.24) is 4.90 Å². The maximum absolute atomic E-state index is 9.65. The standard InChI is InChI=1S/C14H20ClNO/c1-16(2)13(10-17)14(8-3-9-14)11-4-6-12(15)7-5-11/h4-7,13,17H,3,8-10H2,1-2H3. The topological polar surface area (TPSA) is 23.5 Å². The molecule has 0 heterocycles. The van der Waals surface area contributed by atoms with Crippen molar-refractivity contribution in [3.05, 3.63) is 34.9 Å². The van der Waals surface area contributed by atoms with Crippen LogP contribution in [0.5, 0.6) is 0 Å². The van der Waals surface area contributed by atoms with Crippen LogP contribution >= 0.6 is 11.6 Å². The summed E-state index contributed by atoms with van der Waals surface area (Å²) >= 11 is 5.94. The van der Waals surface area contributed by atoms with E-state index in [1.807, 2.05) is 26.2 Å². The number of hydrogen-bond acceptors (Lipinski definition) is 2. The van der Waals surface area contributed by atoms with Crippen molar-refractivity contribution in [2.45, 2.75) is 30.7 Å². The van der Waals surface area contributed by atoms with Gasteiger partial charge in [0.05, 0.1) is 6.61 Å². The molecule has 1 aromatic carbocycles. The molecule has 0 radical (unpaired) electrons. The van der Waals surface area contributed by atoms with Crippen molar-refractivity contribution >= 4 is 11.6 Å². The number of aliphatic hydroxyl groups is 1. The third-order valence-corrected chi connectivity index (χ3v) is 4.35. The lowest BCUT2D eigenvalue weighted by Crippen LogP contribution is -2.54. The highest BCUT2D eigenvalue weighted by atomic mass is 35.5. The Morgan fingerprint density at radius 3 is 2.24 bits per heavy atom. The molecule has 17 heavy (non-hydrogen) atoms. The van der Waals surface area contributed by atoms with Crippen molar-refractivity contribution in [3.8, 4) is 0 Å². The van der Waals surface area contributed by atoms with Crippen LogP contribution in [0.2, 0.25) is 5.02 Å². The van der Waals surface area contributed by atoms with Gasteiger partial charge in [0.1, 0.15) is 0 Å². The second kappa shape index (κ2) is 4.97. The Morgan fingerprint density at radius 2 is 1.88 bits per heavy atom. The zero-order valence-electron chi connectivity index (χ0n) is 10.5. The molecule has 2 nitrogen and oxygen atoms in total. The normalized spacial score (nSPS) is 20.1. The first-order valence-corrected chi connectivity index (χ1v) is 6.51. The molecule has 1 aromatic rings. The minimum atomic E-state index is 0.114. The Morgan fingerprint density at radius 1 is 1.29 bits per heavy atom. The van der Waals surface area contributed by atoms with E-state index in [1.165, 1.54) is 12.0 Å². The average Bonchev–Trinajstić information content (AvgIpc) is 2.24. The number of halogens is 1. The van der Waals surface area contributed by atoms with E-state index >= 15 is 0 Å². The van der Waals surface area contributed by atoms with E-state index in [-0.39, 0.29) is 18.1 Å². The molecule has 1 unspecified atom stereocenters. The molecule has 1 aliphatic carbocycles. The SMILES string of the molecule is CN(C)C(CO)C1(c2ccc(Cl)cc2)CCC1. The van der Waals surface area contributed by atoms with Gasteiger partial charge < -0.3 is 10.0 Å². The van der Waals surface area contributed by atoms with Crippen LogP contribution in [0.4, 0.5) is 0 Å². The molecule has 0 saturated heterocycles. The summed E-state index contributed by atoms with van der Waals surface area (Å²) in [5.74, 6) is 0. The van der Waals surface area contributed by atoms with Gasteiger partial charge in [0.2, 0.25) is 0 Å². The fourth-order valence-corrected chi connectivity index (χ4v) is 3.11. The summed E-state index contributed by atoms with van der Waals surface area (Å²) in [5.41, 5.74) is 1.42. The number of rotatable bonds is 4. The maximum atomic E-state index is 9.65. The van der Waals surface area contributed by atoms with Gasteiger partial charge in [-0.1, -0.05) is 30.2 Å². The number of likely N-dealkylation sites (N-methyl/N-ethyl adjacent to an activating group) is 1. The molecular formula is C14H20ClNO. The lowest BCUT2D eigenvalue weighted by atomic mass is 9.60. The molecular weight excluding hydrogens is 234 g/mol. The van der Waals surface area contributed by atoms with Gasteiger partial charge in [0, 0.05) is 16.5 Å². The zero-order chi connectivity index (χ0) is 12.5. The summed E-state index contributed by atoms with van der Waals surface area (Å²) in [4.78, 5) is 2.13. The molecule has 0 aromatic heterocycles. The van der Waals surface area contributed by atoms with Crippen molar-refractivity contribution in [2.75, 3.05) is 20.7 Å². The quantitative estimate of drug-likeness (QED) is 0.892. The molecule has 0 amide bonds. The van der Waals surface area contributed by atoms with Crippen LogP contribution < -0.4 is 0 Å². The third-order valence-electron chi connectivity index (χ3n) is 4.10. The van der Waals surface area contributed by atoms with E-state index < -0.39 is 0 Å². The summed E-state index contributed by atoms with van der Waals surface area (Å²) in [7, 11) is 4.08. The molecule has 1 fully saturated rings. The van der Waals surface area contributed by atoms with Crippen LogP contribution in [-0.2, 0) is 5.41 Å². The van der Waals surface area contributed by atoms with Crippen LogP contribution in [0.25, 0.3) is 0 Å². The van der Waals surface area contributed by atoms with E-state index in [0.717, 1.165) is 17.9 Å². The van der Waals surface area contributed by atoms with Crippen molar-refractivity contribution in [2.24, 2.45) is 0 Å². The van der Waals surface area contributed by atoms with Crippen LogP contribution in [0.15, 0.2) is 24.3 Å². The largest absolute Gasteiger partial charge is 0.395 e. The van der Waals surface area contributed by atoms with Crippen LogP contribution in [-0.4, -0.2) is 36.8 Å². The minimum Gasteiger partial charge on any atom is -0.395 e. The molecule has 94 valence electrons. The first kappa shape index (κ1) is 12.9. The lowest BCUT2D eigenvalue weighted by molar-refractivity contribution is 0.0500. The molecule has 1 N–H and O–H groups in total. The molecule has 0 bridgehead atoms. The summed E-state index contributed by atoms with van der Waals surface area (Å²) in [6.45, 7) is 0.204. The van der Waals surface area contributed by atoms with Crippen LogP contribution in [0, 0.1) is 0 Å². The van der Waals surface area contributed by atoms with Crippen LogP contribution in [0.3, 0.4) is 0 Å². The Kier molecular flexibility index (Phi) is 3.76. The monoisotopic (exact) mass is 253 g/mol. The van der Waals surface area contributed by atoms with E-state index in [4.69, 9.17) is 11.6 Å². The minimum absolute atomic E-state index is 0.114. The fourth-order valence-electron chi connectivity index (χ4n) is 2.99. The van der Waals surface area contributed by atoms with Gasteiger partial charge in [-0.05, 0) is 44.6 Å². The molecule has 3 heteroatoms. The summed E-state index contributed by atoms with van der Waals surface area (Å²) < 4.78 is 0. The Bertz CT molecular complexity index is 370. The van der Waals surface area contributed by atoms with E-state index in [9.17, 15) is 5.11 Å². The second-order valence-corrected chi connectivity index (χ2v) is 5.62. The highest BCUT2D eigenvalue weighted by molar-refractivity contribution is 6.30. The highest BCUT2D eigenvalue weighted by Crippen LogP contribution is 2.47. The van der Waals surface area contributed by atoms with E-state index in [1.54, 1.807) is 0 Å². The number of aliphatic hydroxyl groups excluding tert-OH is 1. The number of nitrogens with zero attached hydrogens (tertiary/aromatic N) is 1. The van der Waals surface area contributed by atoms with Gasteiger partial charge >= 0.3 is 0 Å². The molecule has 0 spiro atoms. The van der Waals surface area contributed by atoms with Gasteiger partial charge in [0.15, 0.2) is 0 Å². The summed E-state index contributed by atoms with van der Waals surface area (Å²) in [6, 6.07) is 8.29. The van der Waals surface area contributed by atoms with Gasteiger partial charge in [0.25, 0.3) is 0 Å². The van der Waals surface area contributed by atoms with E-state index in [0.29, 0.717) is 0 Å². The summed E-state index contributed by atoms with van der Waals surface area (Å²) in [6.07, 6.45) is 3.54. The first-order valence-electron chi connectivity index (χ1n) is 6.13. The second-order valence-electron chi connectivity index (χ2n) is 5.18. The fraction of sp³-hybridized carbons (Fsp3) is 0.571. The van der Waals surface area contributed by atoms with Gasteiger partial charge in [-0.15, -0.1) is 0 Å². The highest BCUT2D eigenvalue weighted by Gasteiger charge is 2.45. The molecule has 1 aliphatic rings. The molecule has 1 saturated carbocycles. The van der Waals surface area contributed by atoms with Crippen molar-refractivity contribution in [3.63, 3.8) is 0 Å². The van der Waals surface area contributed by atoms with E-state index in [2.05, 4.69) is 17.0 Å². The van der Waals surface area contributed by atoms with Crippen molar-refractivity contribution < 1.29 is 5.11 Å². The van der Waals surface area contributed by atoms with Crippen molar-refractivity contribution in [1.29, 1.82) is 0 Å². The zero-order valence-corrected chi connectivity index (χ0v) is 11.2.